The van der Waals surface area contributed by atoms with Crippen molar-refractivity contribution in [3.63, 3.8) is 0 Å². The lowest BCUT2D eigenvalue weighted by molar-refractivity contribution is -0.123. The number of benzene rings is 3. The largest absolute Gasteiger partial charge is 0.493 e. The van der Waals surface area contributed by atoms with Crippen LogP contribution in [0.5, 0.6) is 11.5 Å². The van der Waals surface area contributed by atoms with E-state index >= 15 is 0 Å². The van der Waals surface area contributed by atoms with Crippen LogP contribution in [-0.2, 0) is 4.79 Å². The zero-order chi connectivity index (χ0) is 19.9. The summed E-state index contributed by atoms with van der Waals surface area (Å²) in [7, 11) is 0. The number of nitrogens with one attached hydrogen (secondary N) is 1. The van der Waals surface area contributed by atoms with Gasteiger partial charge in [0.2, 0.25) is 0 Å². The second kappa shape index (κ2) is 9.71. The summed E-state index contributed by atoms with van der Waals surface area (Å²) in [5.74, 6) is 0.953. The van der Waals surface area contributed by atoms with Crippen molar-refractivity contribution >= 4 is 54.8 Å². The van der Waals surface area contributed by atoms with Crippen LogP contribution in [0.1, 0.15) is 12.5 Å². The fourth-order valence-corrected chi connectivity index (χ4v) is 3.56. The molecule has 0 radical (unpaired) electrons. The molecule has 0 aromatic heterocycles. The highest BCUT2D eigenvalue weighted by Crippen LogP contribution is 2.34. The van der Waals surface area contributed by atoms with Crippen LogP contribution in [0, 0.1) is 0 Å². The topological polar surface area (TPSA) is 59.9 Å². The number of hydrazone groups is 1. The predicted molar refractivity (Wildman–Crippen MR) is 118 cm³/mol. The molecule has 0 atom stereocenters. The number of hydrogen-bond donors (Lipinski definition) is 1. The number of amides is 1. The first-order valence-electron chi connectivity index (χ1n) is 8.62. The lowest BCUT2D eigenvalue weighted by Gasteiger charge is -2.10. The minimum atomic E-state index is -0.354. The van der Waals surface area contributed by atoms with E-state index in [1.54, 1.807) is 6.21 Å². The Balaban J connectivity index is 1.60. The van der Waals surface area contributed by atoms with Crippen LogP contribution in [-0.4, -0.2) is 25.3 Å². The van der Waals surface area contributed by atoms with Gasteiger partial charge in [0, 0.05) is 10.0 Å². The molecule has 28 heavy (non-hydrogen) atoms. The zero-order valence-corrected chi connectivity index (χ0v) is 18.3. The Morgan fingerprint density at radius 1 is 1.07 bits per heavy atom. The van der Waals surface area contributed by atoms with Crippen LogP contribution < -0.4 is 14.9 Å². The molecule has 0 aliphatic heterocycles. The van der Waals surface area contributed by atoms with Gasteiger partial charge in [-0.3, -0.25) is 4.79 Å². The van der Waals surface area contributed by atoms with E-state index in [0.29, 0.717) is 18.1 Å². The van der Waals surface area contributed by atoms with E-state index in [2.05, 4.69) is 42.4 Å². The number of para-hydroxylation sites is 1. The van der Waals surface area contributed by atoms with Crippen LogP contribution in [0.3, 0.4) is 0 Å². The molecule has 0 heterocycles. The third-order valence-corrected chi connectivity index (χ3v) is 5.16. The lowest BCUT2D eigenvalue weighted by atomic mass is 10.1. The first kappa shape index (κ1) is 20.4. The Labute approximate surface area is 180 Å². The van der Waals surface area contributed by atoms with Gasteiger partial charge in [-0.25, -0.2) is 5.43 Å². The molecule has 3 rings (SSSR count). The Hall–Kier alpha value is -2.38. The Kier molecular flexibility index (Phi) is 7.06. The quantitative estimate of drug-likeness (QED) is 0.350. The SMILES string of the molecule is CCOc1ccccc1/C=N/NC(=O)COc1ccc2cc(Br)ccc2c1Br. The minimum Gasteiger partial charge on any atom is -0.493 e. The second-order valence-electron chi connectivity index (χ2n) is 5.80. The first-order valence-corrected chi connectivity index (χ1v) is 10.2. The summed E-state index contributed by atoms with van der Waals surface area (Å²) in [6, 6.07) is 17.2. The number of carbonyl (C=O) groups is 1. The van der Waals surface area contributed by atoms with Crippen molar-refractivity contribution in [1.29, 1.82) is 0 Å². The number of ether oxygens (including phenoxy) is 2. The van der Waals surface area contributed by atoms with Gasteiger partial charge in [0.25, 0.3) is 5.91 Å². The average Bonchev–Trinajstić information content (AvgIpc) is 2.69. The van der Waals surface area contributed by atoms with Gasteiger partial charge in [0.05, 0.1) is 17.3 Å². The molecule has 0 aliphatic carbocycles. The lowest BCUT2D eigenvalue weighted by Crippen LogP contribution is -2.24. The van der Waals surface area contributed by atoms with Crippen LogP contribution >= 0.6 is 31.9 Å². The summed E-state index contributed by atoms with van der Waals surface area (Å²) in [4.78, 5) is 12.0. The standard InChI is InChI=1S/C21H18Br2N2O3/c1-2-27-18-6-4-3-5-15(18)12-24-25-20(26)13-28-19-10-7-14-11-16(22)8-9-17(14)21(19)23/h3-12H,2,13H2,1H3,(H,25,26)/b24-12+. The zero-order valence-electron chi connectivity index (χ0n) is 15.1. The summed E-state index contributed by atoms with van der Waals surface area (Å²) in [5.41, 5.74) is 3.25. The first-order chi connectivity index (χ1) is 13.6. The molecule has 5 nitrogen and oxygen atoms in total. The molecular weight excluding hydrogens is 488 g/mol. The molecule has 7 heteroatoms. The molecule has 1 N–H and O–H groups in total. The average molecular weight is 506 g/mol. The normalized spacial score (nSPS) is 11.0. The maximum absolute atomic E-state index is 12.0. The number of nitrogens with zero attached hydrogens (tertiary/aromatic N) is 1. The smallest absolute Gasteiger partial charge is 0.277 e. The molecule has 1 amide bonds. The maximum atomic E-state index is 12.0. The highest BCUT2D eigenvalue weighted by Gasteiger charge is 2.09. The van der Waals surface area contributed by atoms with Crippen molar-refractivity contribution < 1.29 is 14.3 Å². The number of halogens is 2. The fourth-order valence-electron chi connectivity index (χ4n) is 2.58. The van der Waals surface area contributed by atoms with E-state index in [4.69, 9.17) is 9.47 Å². The third kappa shape index (κ3) is 5.11. The van der Waals surface area contributed by atoms with Gasteiger partial charge in [-0.15, -0.1) is 0 Å². The van der Waals surface area contributed by atoms with Gasteiger partial charge < -0.3 is 9.47 Å². The molecular formula is C21H18Br2N2O3. The van der Waals surface area contributed by atoms with Gasteiger partial charge in [-0.2, -0.15) is 5.10 Å². The molecule has 0 spiro atoms. The van der Waals surface area contributed by atoms with Gasteiger partial charge in [-0.05, 0) is 64.0 Å². The van der Waals surface area contributed by atoms with Gasteiger partial charge in [0.1, 0.15) is 11.5 Å². The Morgan fingerprint density at radius 3 is 2.71 bits per heavy atom. The molecule has 0 saturated carbocycles. The number of carbonyl (C=O) groups excluding carboxylic acids is 1. The third-order valence-electron chi connectivity index (χ3n) is 3.85. The number of fused-ring (bicyclic) bond motifs is 1. The van der Waals surface area contributed by atoms with Crippen molar-refractivity contribution in [2.24, 2.45) is 5.10 Å². The maximum Gasteiger partial charge on any atom is 0.277 e. The van der Waals surface area contributed by atoms with Crippen molar-refractivity contribution in [3.05, 3.63) is 69.1 Å². The van der Waals surface area contributed by atoms with Gasteiger partial charge >= 0.3 is 0 Å². The fraction of sp³-hybridized carbons (Fsp3) is 0.143. The molecule has 144 valence electrons. The summed E-state index contributed by atoms with van der Waals surface area (Å²) in [6.45, 7) is 2.32. The Morgan fingerprint density at radius 2 is 1.89 bits per heavy atom. The highest BCUT2D eigenvalue weighted by atomic mass is 79.9. The number of hydrogen-bond acceptors (Lipinski definition) is 4. The molecule has 3 aromatic carbocycles. The van der Waals surface area contributed by atoms with Crippen molar-refractivity contribution in [2.45, 2.75) is 6.92 Å². The second-order valence-corrected chi connectivity index (χ2v) is 7.50. The van der Waals surface area contributed by atoms with Crippen LogP contribution in [0.25, 0.3) is 10.8 Å². The summed E-state index contributed by atoms with van der Waals surface area (Å²) < 4.78 is 13.0. The predicted octanol–water partition coefficient (Wildman–Crippen LogP) is 5.29. The monoisotopic (exact) mass is 504 g/mol. The van der Waals surface area contributed by atoms with E-state index in [-0.39, 0.29) is 12.5 Å². The molecule has 0 fully saturated rings. The van der Waals surface area contributed by atoms with Crippen LogP contribution in [0.4, 0.5) is 0 Å². The number of rotatable bonds is 7. The molecule has 3 aromatic rings. The van der Waals surface area contributed by atoms with Crippen LogP contribution in [0.2, 0.25) is 0 Å². The minimum absolute atomic E-state index is 0.148. The summed E-state index contributed by atoms with van der Waals surface area (Å²) in [5, 5.41) is 6.05. The van der Waals surface area contributed by atoms with E-state index < -0.39 is 0 Å². The van der Waals surface area contributed by atoms with E-state index in [9.17, 15) is 4.79 Å². The van der Waals surface area contributed by atoms with Crippen molar-refractivity contribution in [1.82, 2.24) is 5.43 Å². The van der Waals surface area contributed by atoms with Gasteiger partial charge in [-0.1, -0.05) is 40.2 Å². The summed E-state index contributed by atoms with van der Waals surface area (Å²) >= 11 is 7.01. The molecule has 0 saturated heterocycles. The van der Waals surface area contributed by atoms with Crippen LogP contribution in [0.15, 0.2) is 68.6 Å². The molecule has 0 aliphatic rings. The summed E-state index contributed by atoms with van der Waals surface area (Å²) in [6.07, 6.45) is 1.55. The van der Waals surface area contributed by atoms with Crippen molar-refractivity contribution in [2.75, 3.05) is 13.2 Å². The molecule has 0 unspecified atom stereocenters. The van der Waals surface area contributed by atoms with Crippen molar-refractivity contribution in [3.8, 4) is 11.5 Å². The van der Waals surface area contributed by atoms with E-state index in [1.807, 2.05) is 61.5 Å². The van der Waals surface area contributed by atoms with E-state index in [0.717, 1.165) is 25.3 Å². The Bertz CT molecular complexity index is 1020. The van der Waals surface area contributed by atoms with Gasteiger partial charge in [0.15, 0.2) is 6.61 Å². The highest BCUT2D eigenvalue weighted by molar-refractivity contribution is 9.11. The molecule has 0 bridgehead atoms. The van der Waals surface area contributed by atoms with E-state index in [1.165, 1.54) is 0 Å².